The number of esters is 3. The second kappa shape index (κ2) is 56.7. The number of hydrogen-bond acceptors (Lipinski definition) is 6. The van der Waals surface area contributed by atoms with Crippen LogP contribution < -0.4 is 0 Å². The van der Waals surface area contributed by atoms with Crippen molar-refractivity contribution in [2.24, 2.45) is 0 Å². The summed E-state index contributed by atoms with van der Waals surface area (Å²) in [4.78, 5) is 38.1. The summed E-state index contributed by atoms with van der Waals surface area (Å²) in [6.07, 6.45) is 76.6. The maximum atomic E-state index is 12.8. The number of carbonyl (C=O) groups is 3. The molecule has 69 heavy (non-hydrogen) atoms. The van der Waals surface area contributed by atoms with Crippen molar-refractivity contribution in [3.05, 3.63) is 109 Å². The minimum Gasteiger partial charge on any atom is -0.462 e. The van der Waals surface area contributed by atoms with Gasteiger partial charge in [0, 0.05) is 19.3 Å². The zero-order valence-electron chi connectivity index (χ0n) is 44.8. The Kier molecular flexibility index (Phi) is 53.4. The third-order valence-corrected chi connectivity index (χ3v) is 11.8. The Balaban J connectivity index is 4.50. The zero-order valence-corrected chi connectivity index (χ0v) is 44.8. The zero-order chi connectivity index (χ0) is 50.0. The van der Waals surface area contributed by atoms with Gasteiger partial charge in [-0.3, -0.25) is 14.4 Å². The number of allylic oxidation sites excluding steroid dienone is 18. The number of rotatable bonds is 50. The Hall–Kier alpha value is -3.93. The molecule has 0 heterocycles. The predicted octanol–water partition coefficient (Wildman–Crippen LogP) is 19.1. The van der Waals surface area contributed by atoms with Gasteiger partial charge in [-0.1, -0.05) is 252 Å². The summed E-state index contributed by atoms with van der Waals surface area (Å²) in [5, 5.41) is 0. The number of ether oxygens (including phenoxy) is 3. The van der Waals surface area contributed by atoms with Gasteiger partial charge in [0.25, 0.3) is 0 Å². The minimum atomic E-state index is -0.824. The molecule has 0 aromatic carbocycles. The van der Waals surface area contributed by atoms with Gasteiger partial charge in [-0.25, -0.2) is 0 Å². The van der Waals surface area contributed by atoms with Crippen LogP contribution in [0.4, 0.5) is 0 Å². The third kappa shape index (κ3) is 54.9. The van der Waals surface area contributed by atoms with Crippen molar-refractivity contribution in [1.82, 2.24) is 0 Å². The molecule has 1 atom stereocenters. The molecular formula is C63H104O6. The number of hydrogen-bond donors (Lipinski definition) is 0. The van der Waals surface area contributed by atoms with E-state index in [0.717, 1.165) is 109 Å². The molecule has 0 saturated heterocycles. The molecule has 0 aliphatic heterocycles. The van der Waals surface area contributed by atoms with Crippen molar-refractivity contribution in [3.63, 3.8) is 0 Å². The molecule has 0 radical (unpaired) electrons. The van der Waals surface area contributed by atoms with Crippen LogP contribution in [0.25, 0.3) is 0 Å². The molecule has 0 fully saturated rings. The smallest absolute Gasteiger partial charge is 0.306 e. The SMILES string of the molecule is CC/C=C\C/C=C\C/C=C\C/C=C\C/C=C\CCC(=O)OC(COC(=O)CCCCCCCC/C=C\C/C=C\C/C=C\C/C=C\CC)COC(=O)CCCCCCCCCCCCCCCCCC. The lowest BCUT2D eigenvalue weighted by atomic mass is 10.0. The first-order valence-corrected chi connectivity index (χ1v) is 28.4. The molecule has 0 saturated carbocycles. The Morgan fingerprint density at radius 1 is 0.304 bits per heavy atom. The lowest BCUT2D eigenvalue weighted by Gasteiger charge is -2.18. The van der Waals surface area contributed by atoms with Crippen LogP contribution in [0.1, 0.15) is 252 Å². The van der Waals surface area contributed by atoms with Crippen LogP contribution in [-0.4, -0.2) is 37.2 Å². The number of unbranched alkanes of at least 4 members (excludes halogenated alkanes) is 21. The van der Waals surface area contributed by atoms with Crippen LogP contribution in [0.2, 0.25) is 0 Å². The first-order valence-electron chi connectivity index (χ1n) is 28.4. The van der Waals surface area contributed by atoms with E-state index in [4.69, 9.17) is 14.2 Å². The predicted molar refractivity (Wildman–Crippen MR) is 297 cm³/mol. The van der Waals surface area contributed by atoms with Gasteiger partial charge in [-0.15, -0.1) is 0 Å². The van der Waals surface area contributed by atoms with Crippen LogP contribution in [0.3, 0.4) is 0 Å². The van der Waals surface area contributed by atoms with Crippen molar-refractivity contribution in [3.8, 4) is 0 Å². The monoisotopic (exact) mass is 957 g/mol. The molecule has 0 spiro atoms. The molecule has 0 aliphatic carbocycles. The van der Waals surface area contributed by atoms with E-state index in [9.17, 15) is 14.4 Å². The average Bonchev–Trinajstić information content (AvgIpc) is 3.35. The Morgan fingerprint density at radius 3 is 0.942 bits per heavy atom. The molecule has 0 amide bonds. The van der Waals surface area contributed by atoms with E-state index >= 15 is 0 Å². The molecule has 0 aromatic heterocycles. The molecule has 1 unspecified atom stereocenters. The maximum Gasteiger partial charge on any atom is 0.306 e. The normalized spacial score (nSPS) is 12.9. The molecule has 6 nitrogen and oxygen atoms in total. The van der Waals surface area contributed by atoms with Crippen LogP contribution in [0.15, 0.2) is 109 Å². The standard InChI is InChI=1S/C63H104O6/c1-4-7-10-13-16-19-22-25-28-31-32-33-36-38-41-44-47-50-53-56-62(65)68-59-60(69-63(66)57-54-51-48-45-42-39-35-30-27-24-21-18-15-12-9-6-3)58-67-61(64)55-52-49-46-43-40-37-34-29-26-23-20-17-14-11-8-5-2/h7,9-10,12,16,18-19,21,25,27-28,30,32-33,39,42,48,51,60H,4-6,8,11,13-15,17,20,22-24,26,29,31,34-38,40-41,43-47,49-50,52-59H2,1-3H3/b10-7-,12-9-,19-16-,21-18-,28-25-,30-27-,33-32-,42-39-,51-48-. The highest BCUT2D eigenvalue weighted by molar-refractivity contribution is 5.71. The fourth-order valence-corrected chi connectivity index (χ4v) is 7.60. The Labute approximate surface area is 425 Å². The summed E-state index contributed by atoms with van der Waals surface area (Å²) >= 11 is 0. The van der Waals surface area contributed by atoms with Gasteiger partial charge in [0.2, 0.25) is 0 Å². The highest BCUT2D eigenvalue weighted by Crippen LogP contribution is 2.15. The third-order valence-electron chi connectivity index (χ3n) is 11.8. The average molecular weight is 958 g/mol. The summed E-state index contributed by atoms with van der Waals surface area (Å²) in [5.41, 5.74) is 0. The van der Waals surface area contributed by atoms with Crippen LogP contribution in [0, 0.1) is 0 Å². The van der Waals surface area contributed by atoms with Crippen molar-refractivity contribution >= 4 is 17.9 Å². The summed E-state index contributed by atoms with van der Waals surface area (Å²) in [7, 11) is 0. The molecular weight excluding hydrogens is 853 g/mol. The first-order chi connectivity index (χ1) is 34.0. The van der Waals surface area contributed by atoms with Crippen LogP contribution >= 0.6 is 0 Å². The molecule has 392 valence electrons. The van der Waals surface area contributed by atoms with Gasteiger partial charge in [-0.05, 0) is 89.9 Å². The second-order valence-corrected chi connectivity index (χ2v) is 18.4. The lowest BCUT2D eigenvalue weighted by Crippen LogP contribution is -2.30. The quantitative estimate of drug-likeness (QED) is 0.0262. The second-order valence-electron chi connectivity index (χ2n) is 18.4. The van der Waals surface area contributed by atoms with Gasteiger partial charge in [-0.2, -0.15) is 0 Å². The van der Waals surface area contributed by atoms with Gasteiger partial charge >= 0.3 is 17.9 Å². The summed E-state index contributed by atoms with van der Waals surface area (Å²) in [5.74, 6) is -1.01. The number of carbonyl (C=O) groups excluding carboxylic acids is 3. The molecule has 6 heteroatoms. The van der Waals surface area contributed by atoms with Crippen LogP contribution in [0.5, 0.6) is 0 Å². The van der Waals surface area contributed by atoms with E-state index in [0.29, 0.717) is 19.3 Å². The summed E-state index contributed by atoms with van der Waals surface area (Å²) in [6, 6.07) is 0. The van der Waals surface area contributed by atoms with Gasteiger partial charge in [0.15, 0.2) is 6.10 Å². The van der Waals surface area contributed by atoms with Crippen molar-refractivity contribution in [2.75, 3.05) is 13.2 Å². The minimum absolute atomic E-state index is 0.112. The summed E-state index contributed by atoms with van der Waals surface area (Å²) < 4.78 is 16.8. The van der Waals surface area contributed by atoms with E-state index in [-0.39, 0.29) is 31.6 Å². The van der Waals surface area contributed by atoms with Crippen molar-refractivity contribution in [1.29, 1.82) is 0 Å². The topological polar surface area (TPSA) is 78.9 Å². The van der Waals surface area contributed by atoms with Crippen molar-refractivity contribution in [2.45, 2.75) is 258 Å². The van der Waals surface area contributed by atoms with Gasteiger partial charge in [0.1, 0.15) is 13.2 Å². The Bertz CT molecular complexity index is 1420. The van der Waals surface area contributed by atoms with Crippen molar-refractivity contribution < 1.29 is 28.6 Å². The van der Waals surface area contributed by atoms with E-state index in [1.165, 1.54) is 96.3 Å². The fourth-order valence-electron chi connectivity index (χ4n) is 7.60. The maximum absolute atomic E-state index is 12.8. The fraction of sp³-hybridized carbons (Fsp3) is 0.667. The molecule has 0 N–H and O–H groups in total. The molecule has 0 aromatic rings. The highest BCUT2D eigenvalue weighted by atomic mass is 16.6. The molecule has 0 aliphatic rings. The molecule has 0 bridgehead atoms. The highest BCUT2D eigenvalue weighted by Gasteiger charge is 2.19. The van der Waals surface area contributed by atoms with Gasteiger partial charge < -0.3 is 14.2 Å². The summed E-state index contributed by atoms with van der Waals surface area (Å²) in [6.45, 7) is 6.35. The van der Waals surface area contributed by atoms with E-state index < -0.39 is 12.1 Å². The Morgan fingerprint density at radius 2 is 0.594 bits per heavy atom. The van der Waals surface area contributed by atoms with Crippen LogP contribution in [-0.2, 0) is 28.6 Å². The van der Waals surface area contributed by atoms with Gasteiger partial charge in [0.05, 0.1) is 0 Å². The van der Waals surface area contributed by atoms with E-state index in [2.05, 4.69) is 118 Å². The molecule has 0 rings (SSSR count). The van der Waals surface area contributed by atoms with E-state index in [1.54, 1.807) is 0 Å². The lowest BCUT2D eigenvalue weighted by molar-refractivity contribution is -0.166. The van der Waals surface area contributed by atoms with E-state index in [1.807, 2.05) is 12.2 Å². The first kappa shape index (κ1) is 65.1. The largest absolute Gasteiger partial charge is 0.462 e.